The molecule has 178 valence electrons. The molecule has 35 heavy (non-hydrogen) atoms. The number of nitrogens with zero attached hydrogens (tertiary/aromatic N) is 6. The molecule has 11 heteroatoms. The van der Waals surface area contributed by atoms with Gasteiger partial charge in [0.1, 0.15) is 13.2 Å². The second-order valence-corrected chi connectivity index (χ2v) is 8.33. The van der Waals surface area contributed by atoms with Crippen LogP contribution < -0.4 is 10.1 Å². The summed E-state index contributed by atoms with van der Waals surface area (Å²) >= 11 is 0. The SMILES string of the molecule is OCc1cc(-c2nnc3c4ccccc4c(OCc4ccc(CNC5CCOC5)cn4)nn23)no1. The maximum atomic E-state index is 9.30. The van der Waals surface area contributed by atoms with Gasteiger partial charge in [0.15, 0.2) is 17.1 Å². The normalized spacial score (nSPS) is 15.9. The van der Waals surface area contributed by atoms with Gasteiger partial charge in [-0.15, -0.1) is 15.3 Å². The Labute approximate surface area is 199 Å². The summed E-state index contributed by atoms with van der Waals surface area (Å²) in [6, 6.07) is 13.7. The monoisotopic (exact) mass is 473 g/mol. The molecule has 5 heterocycles. The summed E-state index contributed by atoms with van der Waals surface area (Å²) in [7, 11) is 0. The van der Waals surface area contributed by atoms with Gasteiger partial charge in [-0.05, 0) is 24.1 Å². The highest BCUT2D eigenvalue weighted by Crippen LogP contribution is 2.29. The standard InChI is InChI=1S/C24H23N7O4/c32-12-18-9-21(30-35-18)23-28-27-22-19-3-1-2-4-20(19)24(29-31(22)23)34-14-16-6-5-15(10-25-16)11-26-17-7-8-33-13-17/h1-6,9-10,17,26,32H,7-8,11-14H2. The van der Waals surface area contributed by atoms with Crippen LogP contribution in [0.4, 0.5) is 0 Å². The van der Waals surface area contributed by atoms with Gasteiger partial charge in [-0.2, -0.15) is 4.52 Å². The molecule has 2 N–H and O–H groups in total. The molecule has 1 aliphatic rings. The highest BCUT2D eigenvalue weighted by molar-refractivity contribution is 5.96. The van der Waals surface area contributed by atoms with Crippen LogP contribution in [0, 0.1) is 0 Å². The number of aromatic nitrogens is 6. The average molecular weight is 473 g/mol. The predicted octanol–water partition coefficient (Wildman–Crippen LogP) is 2.28. The van der Waals surface area contributed by atoms with Crippen molar-refractivity contribution in [1.82, 2.24) is 35.3 Å². The molecule has 1 aliphatic heterocycles. The summed E-state index contributed by atoms with van der Waals surface area (Å²) < 4.78 is 18.2. The van der Waals surface area contributed by atoms with Crippen LogP contribution in [0.2, 0.25) is 0 Å². The quantitative estimate of drug-likeness (QED) is 0.346. The van der Waals surface area contributed by atoms with E-state index in [0.29, 0.717) is 34.8 Å². The van der Waals surface area contributed by atoms with E-state index in [1.165, 1.54) is 0 Å². The first-order valence-corrected chi connectivity index (χ1v) is 11.4. The highest BCUT2D eigenvalue weighted by Gasteiger charge is 2.19. The Hall–Kier alpha value is -3.93. The second-order valence-electron chi connectivity index (χ2n) is 8.33. The number of hydrogen-bond acceptors (Lipinski definition) is 10. The Morgan fingerprint density at radius 2 is 2.06 bits per heavy atom. The number of nitrogens with one attached hydrogen (secondary N) is 1. The molecule has 1 saturated heterocycles. The van der Waals surface area contributed by atoms with Gasteiger partial charge in [0.2, 0.25) is 11.7 Å². The van der Waals surface area contributed by atoms with E-state index in [0.717, 1.165) is 48.2 Å². The van der Waals surface area contributed by atoms with Crippen molar-refractivity contribution in [2.24, 2.45) is 0 Å². The minimum Gasteiger partial charge on any atom is -0.470 e. The zero-order chi connectivity index (χ0) is 23.6. The Kier molecular flexibility index (Phi) is 5.78. The number of aliphatic hydroxyl groups is 1. The molecule has 0 bridgehead atoms. The van der Waals surface area contributed by atoms with Crippen LogP contribution in [0.5, 0.6) is 5.88 Å². The maximum absolute atomic E-state index is 9.30. The summed E-state index contributed by atoms with van der Waals surface area (Å²) in [6.45, 7) is 2.33. The lowest BCUT2D eigenvalue weighted by Gasteiger charge is -2.11. The van der Waals surface area contributed by atoms with E-state index in [1.807, 2.05) is 42.6 Å². The van der Waals surface area contributed by atoms with Crippen LogP contribution in [0.1, 0.15) is 23.4 Å². The summed E-state index contributed by atoms with van der Waals surface area (Å²) in [6.07, 6.45) is 2.90. The Balaban J connectivity index is 1.25. The molecule has 1 fully saturated rings. The van der Waals surface area contributed by atoms with E-state index in [9.17, 15) is 5.11 Å². The first-order valence-electron chi connectivity index (χ1n) is 11.4. The lowest BCUT2D eigenvalue weighted by atomic mass is 10.2. The van der Waals surface area contributed by atoms with Crippen molar-refractivity contribution in [2.75, 3.05) is 13.2 Å². The molecule has 4 aromatic heterocycles. The van der Waals surface area contributed by atoms with Crippen LogP contribution in [0.3, 0.4) is 0 Å². The fraction of sp³-hybridized carbons (Fsp3) is 0.292. The maximum Gasteiger partial charge on any atom is 0.240 e. The molecule has 1 atom stereocenters. The molecule has 0 spiro atoms. The van der Waals surface area contributed by atoms with Gasteiger partial charge in [-0.25, -0.2) is 0 Å². The Bertz CT molecular complexity index is 1460. The van der Waals surface area contributed by atoms with Crippen LogP contribution >= 0.6 is 0 Å². The average Bonchev–Trinajstić information content (AvgIpc) is 3.67. The zero-order valence-electron chi connectivity index (χ0n) is 18.8. The first kappa shape index (κ1) is 21.6. The molecule has 1 unspecified atom stereocenters. The van der Waals surface area contributed by atoms with Gasteiger partial charge in [-0.3, -0.25) is 4.98 Å². The van der Waals surface area contributed by atoms with Crippen LogP contribution in [-0.4, -0.2) is 54.3 Å². The number of rotatable bonds is 8. The highest BCUT2D eigenvalue weighted by atomic mass is 16.5. The van der Waals surface area contributed by atoms with E-state index in [1.54, 1.807) is 10.6 Å². The van der Waals surface area contributed by atoms with Crippen molar-refractivity contribution in [3.63, 3.8) is 0 Å². The van der Waals surface area contributed by atoms with Crippen molar-refractivity contribution in [2.45, 2.75) is 32.2 Å². The van der Waals surface area contributed by atoms with Crippen LogP contribution in [0.15, 0.2) is 53.2 Å². The number of ether oxygens (including phenoxy) is 2. The van der Waals surface area contributed by atoms with Gasteiger partial charge in [0.25, 0.3) is 0 Å². The van der Waals surface area contributed by atoms with Crippen molar-refractivity contribution in [1.29, 1.82) is 0 Å². The molecular formula is C24H23N7O4. The third-order valence-electron chi connectivity index (χ3n) is 5.94. The topological polar surface area (TPSA) is 133 Å². The Morgan fingerprint density at radius 1 is 1.14 bits per heavy atom. The first-order chi connectivity index (χ1) is 17.3. The summed E-state index contributed by atoms with van der Waals surface area (Å²) in [5.74, 6) is 1.14. The van der Waals surface area contributed by atoms with E-state index >= 15 is 0 Å². The molecule has 5 aromatic rings. The van der Waals surface area contributed by atoms with Crippen molar-refractivity contribution in [3.05, 3.63) is 65.7 Å². The van der Waals surface area contributed by atoms with Crippen LogP contribution in [0.25, 0.3) is 27.9 Å². The van der Waals surface area contributed by atoms with Gasteiger partial charge >= 0.3 is 0 Å². The molecular weight excluding hydrogens is 450 g/mol. The summed E-state index contributed by atoms with van der Waals surface area (Å²) in [5.41, 5.74) is 2.89. The zero-order valence-corrected chi connectivity index (χ0v) is 18.8. The van der Waals surface area contributed by atoms with E-state index in [2.05, 4.69) is 30.8 Å². The minimum atomic E-state index is -0.259. The fourth-order valence-corrected chi connectivity index (χ4v) is 4.06. The third-order valence-corrected chi connectivity index (χ3v) is 5.94. The molecule has 0 aliphatic carbocycles. The summed E-state index contributed by atoms with van der Waals surface area (Å²) in [4.78, 5) is 4.55. The van der Waals surface area contributed by atoms with Crippen LogP contribution in [-0.2, 0) is 24.5 Å². The van der Waals surface area contributed by atoms with Crippen molar-refractivity contribution in [3.8, 4) is 17.4 Å². The number of pyridine rings is 1. The van der Waals surface area contributed by atoms with Crippen molar-refractivity contribution < 1.29 is 19.1 Å². The summed E-state index contributed by atoms with van der Waals surface area (Å²) in [5, 5.41) is 31.6. The smallest absolute Gasteiger partial charge is 0.240 e. The second kappa shape index (κ2) is 9.37. The Morgan fingerprint density at radius 3 is 2.83 bits per heavy atom. The van der Waals surface area contributed by atoms with Gasteiger partial charge in [-0.1, -0.05) is 29.4 Å². The van der Waals surface area contributed by atoms with E-state index in [4.69, 9.17) is 14.0 Å². The third kappa shape index (κ3) is 4.32. The van der Waals surface area contributed by atoms with E-state index < -0.39 is 0 Å². The lowest BCUT2D eigenvalue weighted by molar-refractivity contribution is 0.190. The van der Waals surface area contributed by atoms with Gasteiger partial charge < -0.3 is 24.4 Å². The number of benzene rings is 1. The van der Waals surface area contributed by atoms with Gasteiger partial charge in [0.05, 0.1) is 12.3 Å². The van der Waals surface area contributed by atoms with E-state index in [-0.39, 0.29) is 13.2 Å². The molecule has 0 saturated carbocycles. The largest absolute Gasteiger partial charge is 0.470 e. The molecule has 1 aromatic carbocycles. The molecule has 0 amide bonds. The lowest BCUT2D eigenvalue weighted by Crippen LogP contribution is -2.28. The predicted molar refractivity (Wildman–Crippen MR) is 124 cm³/mol. The number of fused-ring (bicyclic) bond motifs is 3. The fourth-order valence-electron chi connectivity index (χ4n) is 4.06. The molecule has 0 radical (unpaired) electrons. The number of hydrogen-bond donors (Lipinski definition) is 2. The molecule has 11 nitrogen and oxygen atoms in total. The molecule has 6 rings (SSSR count). The van der Waals surface area contributed by atoms with Crippen molar-refractivity contribution >= 4 is 16.4 Å². The van der Waals surface area contributed by atoms with Gasteiger partial charge in [0, 0.05) is 42.2 Å². The number of aliphatic hydroxyl groups excluding tert-OH is 1. The minimum absolute atomic E-state index is 0.253.